The van der Waals surface area contributed by atoms with Gasteiger partial charge in [0.2, 0.25) is 0 Å². The number of nitrogen functional groups attached to an aromatic ring is 1. The quantitative estimate of drug-likeness (QED) is 0.388. The van der Waals surface area contributed by atoms with Gasteiger partial charge in [-0.05, 0) is 17.5 Å². The molecule has 66 valence electrons. The lowest BCUT2D eigenvalue weighted by atomic mass is 10.3. The first-order valence-corrected chi connectivity index (χ1v) is 4.41. The van der Waals surface area contributed by atoms with Gasteiger partial charge in [0.15, 0.2) is 5.69 Å². The number of nitrogens with zero attached hydrogens (tertiary/aromatic N) is 2. The number of carbonyl (C=O) groups excluding carboxylic acids is 1. The summed E-state index contributed by atoms with van der Waals surface area (Å²) in [6.45, 7) is 0. The molecule has 2 heterocycles. The zero-order valence-electron chi connectivity index (χ0n) is 6.52. The topological polar surface area (TPSA) is 80.9 Å². The first kappa shape index (κ1) is 8.09. The van der Waals surface area contributed by atoms with Crippen molar-refractivity contribution < 1.29 is 4.79 Å². The molecule has 0 aliphatic heterocycles. The van der Waals surface area contributed by atoms with Crippen LogP contribution in [0.5, 0.6) is 0 Å². The molecule has 5 nitrogen and oxygen atoms in total. The van der Waals surface area contributed by atoms with Crippen molar-refractivity contribution >= 4 is 27.5 Å². The summed E-state index contributed by atoms with van der Waals surface area (Å²) in [5.41, 5.74) is 3.03. The van der Waals surface area contributed by atoms with E-state index in [1.165, 1.54) is 11.3 Å². The average Bonchev–Trinajstić information content (AvgIpc) is 2.63. The summed E-state index contributed by atoms with van der Waals surface area (Å²) in [6, 6.07) is 3.51. The van der Waals surface area contributed by atoms with Crippen LogP contribution in [0.2, 0.25) is 0 Å². The van der Waals surface area contributed by atoms with Crippen molar-refractivity contribution in [2.45, 2.75) is 0 Å². The van der Waals surface area contributed by atoms with Crippen LogP contribution in [-0.2, 0) is 0 Å². The second-order valence-electron chi connectivity index (χ2n) is 2.37. The minimum Gasteiger partial charge on any atom is -0.289 e. The summed E-state index contributed by atoms with van der Waals surface area (Å²) in [7, 11) is 0. The summed E-state index contributed by atoms with van der Waals surface area (Å²) >= 11 is 1.51. The predicted molar refractivity (Wildman–Crippen MR) is 49.1 cm³/mol. The van der Waals surface area contributed by atoms with Gasteiger partial charge in [-0.3, -0.25) is 10.2 Å². The Labute approximate surface area is 77.5 Å². The fraction of sp³-hybridized carbons (Fsp3) is 0. The molecule has 0 bridgehead atoms. The van der Waals surface area contributed by atoms with Gasteiger partial charge in [0.1, 0.15) is 5.52 Å². The molecule has 2 aromatic rings. The molecule has 0 radical (unpaired) electrons. The van der Waals surface area contributed by atoms with E-state index in [2.05, 4.69) is 10.2 Å². The Morgan fingerprint density at radius 2 is 2.38 bits per heavy atom. The molecule has 0 saturated carbocycles. The number of nitrogens with one attached hydrogen (secondary N) is 1. The molecule has 1 amide bonds. The molecule has 0 aliphatic carbocycles. The third-order valence-corrected chi connectivity index (χ3v) is 2.42. The predicted octanol–water partition coefficient (Wildman–Crippen LogP) is 0.295. The van der Waals surface area contributed by atoms with E-state index in [-0.39, 0.29) is 5.69 Å². The number of amides is 1. The molecular formula is C7H6N4OS. The van der Waals surface area contributed by atoms with Gasteiger partial charge in [-0.2, -0.15) is 0 Å². The molecular weight excluding hydrogens is 188 g/mol. The molecule has 0 spiro atoms. The number of nitrogens with two attached hydrogens (primary N) is 1. The molecule has 0 saturated heterocycles. The van der Waals surface area contributed by atoms with Crippen LogP contribution in [0.4, 0.5) is 0 Å². The number of thiophene rings is 1. The van der Waals surface area contributed by atoms with Crippen molar-refractivity contribution in [1.82, 2.24) is 15.6 Å². The molecule has 2 rings (SSSR count). The van der Waals surface area contributed by atoms with Gasteiger partial charge in [0.05, 0.1) is 4.70 Å². The molecule has 0 aliphatic rings. The molecule has 13 heavy (non-hydrogen) atoms. The number of carbonyl (C=O) groups is 1. The molecule has 0 unspecified atom stereocenters. The van der Waals surface area contributed by atoms with Gasteiger partial charge in [0.25, 0.3) is 5.91 Å². The Balaban J connectivity index is 2.54. The lowest BCUT2D eigenvalue weighted by molar-refractivity contribution is 0.0948. The van der Waals surface area contributed by atoms with E-state index in [0.717, 1.165) is 10.2 Å². The van der Waals surface area contributed by atoms with Crippen LogP contribution in [0, 0.1) is 0 Å². The molecule has 0 fully saturated rings. The average molecular weight is 194 g/mol. The SMILES string of the molecule is NNC(=O)c1cc2sccc2nn1. The van der Waals surface area contributed by atoms with E-state index >= 15 is 0 Å². The summed E-state index contributed by atoms with van der Waals surface area (Å²) in [5.74, 6) is 4.53. The minimum absolute atomic E-state index is 0.234. The highest BCUT2D eigenvalue weighted by Crippen LogP contribution is 2.17. The number of fused-ring (bicyclic) bond motifs is 1. The number of rotatable bonds is 1. The number of hydrazine groups is 1. The molecule has 6 heteroatoms. The van der Waals surface area contributed by atoms with Crippen LogP contribution in [0.1, 0.15) is 10.5 Å². The standard InChI is InChI=1S/C7H6N4OS/c8-9-7(12)5-3-6-4(10-11-5)1-2-13-6/h1-3H,8H2,(H,9,12). The first-order valence-electron chi connectivity index (χ1n) is 3.53. The minimum atomic E-state index is -0.428. The van der Waals surface area contributed by atoms with Crippen molar-refractivity contribution in [3.8, 4) is 0 Å². The second-order valence-corrected chi connectivity index (χ2v) is 3.32. The van der Waals surface area contributed by atoms with Crippen molar-refractivity contribution in [2.75, 3.05) is 0 Å². The van der Waals surface area contributed by atoms with Crippen LogP contribution in [0.15, 0.2) is 17.5 Å². The van der Waals surface area contributed by atoms with Crippen LogP contribution < -0.4 is 11.3 Å². The van der Waals surface area contributed by atoms with Crippen molar-refractivity contribution in [3.05, 3.63) is 23.2 Å². The number of aromatic nitrogens is 2. The lowest BCUT2D eigenvalue weighted by Crippen LogP contribution is -2.30. The highest BCUT2D eigenvalue weighted by atomic mass is 32.1. The fourth-order valence-corrected chi connectivity index (χ4v) is 1.70. The van der Waals surface area contributed by atoms with Gasteiger partial charge in [-0.25, -0.2) is 5.84 Å². The van der Waals surface area contributed by atoms with Gasteiger partial charge in [-0.1, -0.05) is 0 Å². The van der Waals surface area contributed by atoms with E-state index < -0.39 is 5.91 Å². The maximum atomic E-state index is 11.0. The van der Waals surface area contributed by atoms with E-state index in [9.17, 15) is 4.79 Å². The highest BCUT2D eigenvalue weighted by molar-refractivity contribution is 7.17. The smallest absolute Gasteiger partial charge is 0.285 e. The summed E-state index contributed by atoms with van der Waals surface area (Å²) in [6.07, 6.45) is 0. The maximum Gasteiger partial charge on any atom is 0.285 e. The van der Waals surface area contributed by atoms with E-state index in [0.29, 0.717) is 0 Å². The van der Waals surface area contributed by atoms with Gasteiger partial charge < -0.3 is 0 Å². The molecule has 2 aromatic heterocycles. The Morgan fingerprint density at radius 1 is 1.54 bits per heavy atom. The van der Waals surface area contributed by atoms with Crippen LogP contribution in [0.3, 0.4) is 0 Å². The first-order chi connectivity index (χ1) is 6.31. The fourth-order valence-electron chi connectivity index (χ4n) is 0.951. The zero-order valence-corrected chi connectivity index (χ0v) is 7.34. The van der Waals surface area contributed by atoms with Gasteiger partial charge in [-0.15, -0.1) is 21.5 Å². The van der Waals surface area contributed by atoms with Crippen molar-refractivity contribution in [1.29, 1.82) is 0 Å². The zero-order chi connectivity index (χ0) is 9.26. The normalized spacial score (nSPS) is 10.2. The van der Waals surface area contributed by atoms with Gasteiger partial charge in [0, 0.05) is 0 Å². The number of hydrogen-bond acceptors (Lipinski definition) is 5. The van der Waals surface area contributed by atoms with Crippen molar-refractivity contribution in [2.24, 2.45) is 5.84 Å². The van der Waals surface area contributed by atoms with Crippen molar-refractivity contribution in [3.63, 3.8) is 0 Å². The Hall–Kier alpha value is -1.53. The van der Waals surface area contributed by atoms with E-state index in [4.69, 9.17) is 5.84 Å². The molecule has 3 N–H and O–H groups in total. The van der Waals surface area contributed by atoms with Crippen LogP contribution >= 0.6 is 11.3 Å². The Kier molecular flexibility index (Phi) is 1.91. The van der Waals surface area contributed by atoms with E-state index in [1.54, 1.807) is 6.07 Å². The third-order valence-electron chi connectivity index (χ3n) is 1.57. The summed E-state index contributed by atoms with van der Waals surface area (Å²) in [4.78, 5) is 11.0. The Bertz CT molecular complexity index is 452. The van der Waals surface area contributed by atoms with Crippen LogP contribution in [-0.4, -0.2) is 16.1 Å². The summed E-state index contributed by atoms with van der Waals surface area (Å²) < 4.78 is 0.925. The molecule has 0 aromatic carbocycles. The van der Waals surface area contributed by atoms with Crippen LogP contribution in [0.25, 0.3) is 10.2 Å². The number of hydrogen-bond donors (Lipinski definition) is 2. The second kappa shape index (κ2) is 3.08. The highest BCUT2D eigenvalue weighted by Gasteiger charge is 2.07. The van der Waals surface area contributed by atoms with E-state index in [1.807, 2.05) is 16.9 Å². The lowest BCUT2D eigenvalue weighted by Gasteiger charge is -1.96. The maximum absolute atomic E-state index is 11.0. The Morgan fingerprint density at radius 3 is 3.15 bits per heavy atom. The third kappa shape index (κ3) is 1.36. The van der Waals surface area contributed by atoms with Gasteiger partial charge >= 0.3 is 0 Å². The summed E-state index contributed by atoms with van der Waals surface area (Å²) in [5, 5.41) is 9.46. The monoisotopic (exact) mass is 194 g/mol. The largest absolute Gasteiger partial charge is 0.289 e. The molecule has 0 atom stereocenters.